The maximum absolute atomic E-state index is 14.1. The van der Waals surface area contributed by atoms with E-state index in [9.17, 15) is 4.39 Å². The highest BCUT2D eigenvalue weighted by Crippen LogP contribution is 2.20. The quantitative estimate of drug-likeness (QED) is 0.733. The largest absolute Gasteiger partial charge is 0.309 e. The number of benzene rings is 1. The van der Waals surface area contributed by atoms with Gasteiger partial charge in [0, 0.05) is 30.7 Å². The molecule has 2 nitrogen and oxygen atoms in total. The van der Waals surface area contributed by atoms with Gasteiger partial charge in [0.2, 0.25) is 0 Å². The second-order valence-electron chi connectivity index (χ2n) is 6.47. The summed E-state index contributed by atoms with van der Waals surface area (Å²) in [5.41, 5.74) is 0.778. The van der Waals surface area contributed by atoms with Crippen LogP contribution >= 0.6 is 0 Å². The van der Waals surface area contributed by atoms with Crippen molar-refractivity contribution >= 4 is 0 Å². The van der Waals surface area contributed by atoms with Gasteiger partial charge in [-0.2, -0.15) is 0 Å². The maximum Gasteiger partial charge on any atom is 0.128 e. The van der Waals surface area contributed by atoms with Crippen LogP contribution in [0.3, 0.4) is 0 Å². The zero-order valence-electron chi connectivity index (χ0n) is 14.2. The molecule has 1 rings (SSSR count). The molecule has 0 aromatic heterocycles. The molecule has 0 saturated carbocycles. The van der Waals surface area contributed by atoms with Crippen LogP contribution in [0.4, 0.5) is 4.39 Å². The van der Waals surface area contributed by atoms with Crippen LogP contribution < -0.4 is 5.32 Å². The highest BCUT2D eigenvalue weighted by molar-refractivity contribution is 5.21. The summed E-state index contributed by atoms with van der Waals surface area (Å²) in [6.45, 7) is 13.8. The van der Waals surface area contributed by atoms with Crippen LogP contribution in [0.25, 0.3) is 0 Å². The first-order valence-corrected chi connectivity index (χ1v) is 8.17. The number of nitrogens with zero attached hydrogens (tertiary/aromatic N) is 1. The van der Waals surface area contributed by atoms with Crippen LogP contribution in [0, 0.1) is 11.7 Å². The van der Waals surface area contributed by atoms with Gasteiger partial charge in [0.1, 0.15) is 5.82 Å². The fourth-order valence-corrected chi connectivity index (χ4v) is 2.55. The third-order valence-electron chi connectivity index (χ3n) is 3.67. The monoisotopic (exact) mass is 294 g/mol. The molecule has 0 saturated heterocycles. The predicted octanol–water partition coefficient (Wildman–Crippen LogP) is 4.23. The van der Waals surface area contributed by atoms with Crippen molar-refractivity contribution in [2.45, 2.75) is 53.1 Å². The van der Waals surface area contributed by atoms with Crippen molar-refractivity contribution in [1.29, 1.82) is 0 Å². The Kier molecular flexibility index (Phi) is 7.91. The van der Waals surface area contributed by atoms with E-state index in [2.05, 4.69) is 44.8 Å². The van der Waals surface area contributed by atoms with Gasteiger partial charge in [-0.3, -0.25) is 4.90 Å². The molecule has 21 heavy (non-hydrogen) atoms. The van der Waals surface area contributed by atoms with Crippen LogP contribution in [0.2, 0.25) is 0 Å². The molecule has 1 atom stereocenters. The normalized spacial score (nSPS) is 13.4. The molecular formula is C18H31FN2. The summed E-state index contributed by atoms with van der Waals surface area (Å²) in [5, 5.41) is 3.50. The standard InChI is InChI=1S/C18H31FN2/c1-6-11-20-18(16-9-7-8-10-17(16)19)13-21(15(4)5)12-14(2)3/h7-10,14-15,18,20H,6,11-13H2,1-5H3. The summed E-state index contributed by atoms with van der Waals surface area (Å²) in [6, 6.07) is 7.64. The molecule has 1 aromatic rings. The van der Waals surface area contributed by atoms with Gasteiger partial charge in [0.15, 0.2) is 0 Å². The zero-order chi connectivity index (χ0) is 15.8. The molecule has 0 heterocycles. The third-order valence-corrected chi connectivity index (χ3v) is 3.67. The summed E-state index contributed by atoms with van der Waals surface area (Å²) in [7, 11) is 0. The van der Waals surface area contributed by atoms with Gasteiger partial charge in [-0.25, -0.2) is 4.39 Å². The van der Waals surface area contributed by atoms with Crippen molar-refractivity contribution in [1.82, 2.24) is 10.2 Å². The first-order chi connectivity index (χ1) is 9.95. The number of halogens is 1. The molecule has 0 radical (unpaired) electrons. The smallest absolute Gasteiger partial charge is 0.128 e. The van der Waals surface area contributed by atoms with Gasteiger partial charge in [-0.1, -0.05) is 39.0 Å². The first-order valence-electron chi connectivity index (χ1n) is 8.17. The van der Waals surface area contributed by atoms with E-state index in [0.29, 0.717) is 12.0 Å². The Morgan fingerprint density at radius 3 is 2.29 bits per heavy atom. The Hall–Kier alpha value is -0.930. The lowest BCUT2D eigenvalue weighted by molar-refractivity contribution is 0.175. The third kappa shape index (κ3) is 6.15. The number of nitrogens with one attached hydrogen (secondary N) is 1. The molecule has 1 N–H and O–H groups in total. The summed E-state index contributed by atoms with van der Waals surface area (Å²) < 4.78 is 14.1. The van der Waals surface area contributed by atoms with Gasteiger partial charge in [-0.05, 0) is 38.8 Å². The molecule has 0 spiro atoms. The van der Waals surface area contributed by atoms with Gasteiger partial charge >= 0.3 is 0 Å². The number of hydrogen-bond acceptors (Lipinski definition) is 2. The van der Waals surface area contributed by atoms with E-state index < -0.39 is 0 Å². The van der Waals surface area contributed by atoms with Crippen LogP contribution in [0.1, 0.15) is 52.6 Å². The Balaban J connectivity index is 2.88. The lowest BCUT2D eigenvalue weighted by Crippen LogP contribution is -2.41. The minimum absolute atomic E-state index is 0.0484. The molecule has 3 heteroatoms. The molecule has 1 unspecified atom stereocenters. The van der Waals surface area contributed by atoms with Crippen LogP contribution in [0.5, 0.6) is 0 Å². The molecular weight excluding hydrogens is 263 g/mol. The van der Waals surface area contributed by atoms with Crippen LogP contribution in [-0.4, -0.2) is 30.6 Å². The Labute approximate surface area is 129 Å². The lowest BCUT2D eigenvalue weighted by Gasteiger charge is -2.33. The lowest BCUT2D eigenvalue weighted by atomic mass is 10.0. The molecule has 0 amide bonds. The first kappa shape index (κ1) is 18.1. The average Bonchev–Trinajstić information content (AvgIpc) is 2.42. The molecule has 120 valence electrons. The minimum Gasteiger partial charge on any atom is -0.309 e. The second-order valence-corrected chi connectivity index (χ2v) is 6.47. The van der Waals surface area contributed by atoms with E-state index >= 15 is 0 Å². The van der Waals surface area contributed by atoms with E-state index in [1.165, 1.54) is 0 Å². The Morgan fingerprint density at radius 2 is 1.76 bits per heavy atom. The van der Waals surface area contributed by atoms with Gasteiger partial charge in [0.05, 0.1) is 0 Å². The van der Waals surface area contributed by atoms with Crippen LogP contribution in [0.15, 0.2) is 24.3 Å². The zero-order valence-corrected chi connectivity index (χ0v) is 14.2. The topological polar surface area (TPSA) is 15.3 Å². The van der Waals surface area contributed by atoms with Gasteiger partial charge < -0.3 is 5.32 Å². The molecule has 0 aliphatic carbocycles. The fourth-order valence-electron chi connectivity index (χ4n) is 2.55. The van der Waals surface area contributed by atoms with Crippen molar-refractivity contribution in [3.8, 4) is 0 Å². The Bertz CT molecular complexity index is 404. The van der Waals surface area contributed by atoms with Crippen molar-refractivity contribution in [2.24, 2.45) is 5.92 Å². The predicted molar refractivity (Wildman–Crippen MR) is 89.0 cm³/mol. The average molecular weight is 294 g/mol. The molecule has 0 aliphatic heterocycles. The van der Waals surface area contributed by atoms with E-state index in [4.69, 9.17) is 0 Å². The minimum atomic E-state index is -0.112. The van der Waals surface area contributed by atoms with Crippen molar-refractivity contribution in [3.63, 3.8) is 0 Å². The summed E-state index contributed by atoms with van der Waals surface area (Å²) >= 11 is 0. The van der Waals surface area contributed by atoms with E-state index in [0.717, 1.165) is 31.6 Å². The highest BCUT2D eigenvalue weighted by atomic mass is 19.1. The van der Waals surface area contributed by atoms with Gasteiger partial charge in [-0.15, -0.1) is 0 Å². The van der Waals surface area contributed by atoms with E-state index in [-0.39, 0.29) is 11.9 Å². The van der Waals surface area contributed by atoms with Gasteiger partial charge in [0.25, 0.3) is 0 Å². The summed E-state index contributed by atoms with van der Waals surface area (Å²) in [6.07, 6.45) is 1.05. The maximum atomic E-state index is 14.1. The highest BCUT2D eigenvalue weighted by Gasteiger charge is 2.20. The SMILES string of the molecule is CCCNC(CN(CC(C)C)C(C)C)c1ccccc1F. The Morgan fingerprint density at radius 1 is 1.10 bits per heavy atom. The second kappa shape index (κ2) is 9.16. The van der Waals surface area contributed by atoms with E-state index in [1.807, 2.05) is 12.1 Å². The molecule has 0 bridgehead atoms. The summed E-state index contributed by atoms with van der Waals surface area (Å²) in [4.78, 5) is 2.43. The molecule has 0 fully saturated rings. The molecule has 0 aliphatic rings. The van der Waals surface area contributed by atoms with E-state index in [1.54, 1.807) is 12.1 Å². The summed E-state index contributed by atoms with van der Waals surface area (Å²) in [5.74, 6) is 0.499. The van der Waals surface area contributed by atoms with Crippen molar-refractivity contribution in [3.05, 3.63) is 35.6 Å². The van der Waals surface area contributed by atoms with Crippen LogP contribution in [-0.2, 0) is 0 Å². The molecule has 1 aromatic carbocycles. The van der Waals surface area contributed by atoms with Crippen molar-refractivity contribution < 1.29 is 4.39 Å². The number of rotatable bonds is 9. The van der Waals surface area contributed by atoms with Crippen molar-refractivity contribution in [2.75, 3.05) is 19.6 Å². The fraction of sp³-hybridized carbons (Fsp3) is 0.667. The number of hydrogen-bond donors (Lipinski definition) is 1.